The molecule has 3 amide bonds. The van der Waals surface area contributed by atoms with Crippen LogP contribution in [0, 0.1) is 5.92 Å². The van der Waals surface area contributed by atoms with Crippen molar-refractivity contribution in [3.63, 3.8) is 0 Å². The van der Waals surface area contributed by atoms with Crippen molar-refractivity contribution in [3.8, 4) is 0 Å². The number of aliphatic carboxylic acids is 1. The molecule has 4 aromatic rings. The first-order chi connectivity index (χ1) is 24.3. The molecule has 4 atom stereocenters. The van der Waals surface area contributed by atoms with Crippen molar-refractivity contribution in [1.29, 1.82) is 0 Å². The number of para-hydroxylation sites is 1. The number of ether oxygens (including phenoxy) is 1. The van der Waals surface area contributed by atoms with Gasteiger partial charge in [-0.3, -0.25) is 14.7 Å². The van der Waals surface area contributed by atoms with E-state index in [9.17, 15) is 24.3 Å². The molecule has 0 aliphatic carbocycles. The monoisotopic (exact) mass is 729 g/mol. The molecule has 11 heteroatoms. The number of nitrogens with zero attached hydrogens (tertiary/aromatic N) is 4. The molecule has 10 nitrogen and oxygen atoms in total. The maximum absolute atomic E-state index is 13.7. The van der Waals surface area contributed by atoms with Gasteiger partial charge >= 0.3 is 12.1 Å². The summed E-state index contributed by atoms with van der Waals surface area (Å²) in [4.78, 5) is 60.8. The van der Waals surface area contributed by atoms with E-state index >= 15 is 0 Å². The smallest absolute Gasteiger partial charge is 0.417 e. The molecule has 4 aromatic carbocycles. The van der Waals surface area contributed by atoms with Gasteiger partial charge in [-0.1, -0.05) is 122 Å². The Morgan fingerprint density at radius 2 is 1.53 bits per heavy atom. The maximum Gasteiger partial charge on any atom is 0.417 e. The standard InChI is InChI=1S/C40H40N4O6.Ni/c1-27(24-35(45)44-34(26-50-40(44)49)29-16-7-3-8-17-29)36(39(47)48)42-37(30-18-9-4-10-19-30)31-20-11-12-21-32(31)41-38(46)33-22-13-23-43(33)25-28-14-5-2-6-15-28;/h2-12,14-21,27,33-34,36H,13,22-26H2,1H3,(H2,41,42,46,47,48);/p-1/t27-,33-,34+,36-;/m0./s1. The van der Waals surface area contributed by atoms with E-state index in [0.717, 1.165) is 29.0 Å². The number of hydrogen-bond donors (Lipinski definition) is 1. The van der Waals surface area contributed by atoms with Gasteiger partial charge in [-0.25, -0.2) is 14.5 Å². The second-order valence-electron chi connectivity index (χ2n) is 12.7. The summed E-state index contributed by atoms with van der Waals surface area (Å²) in [7, 11) is 0. The number of amides is 3. The first-order valence-corrected chi connectivity index (χ1v) is 16.8. The molecule has 0 bridgehead atoms. The molecule has 6 rings (SSSR count). The number of benzene rings is 4. The summed E-state index contributed by atoms with van der Waals surface area (Å²) < 4.78 is 5.22. The summed E-state index contributed by atoms with van der Waals surface area (Å²) in [6, 6.07) is 33.0. The molecule has 2 heterocycles. The molecule has 51 heavy (non-hydrogen) atoms. The van der Waals surface area contributed by atoms with Crippen molar-refractivity contribution in [2.75, 3.05) is 13.2 Å². The summed E-state index contributed by atoms with van der Waals surface area (Å²) in [5.74, 6) is -2.85. The van der Waals surface area contributed by atoms with Gasteiger partial charge in [0.2, 0.25) is 5.91 Å². The van der Waals surface area contributed by atoms with E-state index in [-0.39, 0.29) is 41.5 Å². The number of cyclic esters (lactones) is 1. The van der Waals surface area contributed by atoms with Crippen LogP contribution in [0.25, 0.3) is 5.32 Å². The number of carboxylic acid groups (broad SMARTS) is 1. The number of hydrogen-bond acceptors (Lipinski definition) is 7. The van der Waals surface area contributed by atoms with Gasteiger partial charge in [0.1, 0.15) is 12.6 Å². The van der Waals surface area contributed by atoms with Crippen molar-refractivity contribution in [2.45, 2.75) is 50.9 Å². The van der Waals surface area contributed by atoms with E-state index in [1.54, 1.807) is 31.2 Å². The van der Waals surface area contributed by atoms with E-state index in [4.69, 9.17) is 9.73 Å². The Balaban J connectivity index is 0.00000504. The number of aliphatic imine (C=N–C) groups is 1. The Labute approximate surface area is 307 Å². The molecule has 0 unspecified atom stereocenters. The fourth-order valence-corrected chi connectivity index (χ4v) is 6.64. The molecule has 0 radical (unpaired) electrons. The fraction of sp³-hybridized carbons (Fsp3) is 0.275. The topological polar surface area (TPSA) is 131 Å². The Morgan fingerprint density at radius 3 is 2.22 bits per heavy atom. The van der Waals surface area contributed by atoms with Crippen molar-refractivity contribution in [1.82, 2.24) is 9.80 Å². The van der Waals surface area contributed by atoms with E-state index in [1.165, 1.54) is 0 Å². The molecule has 2 saturated heterocycles. The van der Waals surface area contributed by atoms with Crippen LogP contribution in [0.3, 0.4) is 0 Å². The third-order valence-electron chi connectivity index (χ3n) is 9.20. The van der Waals surface area contributed by atoms with Crippen LogP contribution in [0.15, 0.2) is 120 Å². The quantitative estimate of drug-likeness (QED) is 0.124. The van der Waals surface area contributed by atoms with Crippen molar-refractivity contribution in [3.05, 3.63) is 143 Å². The van der Waals surface area contributed by atoms with E-state index in [1.807, 2.05) is 91.0 Å². The molecule has 2 fully saturated rings. The normalized spacial score (nSPS) is 18.7. The average Bonchev–Trinajstić information content (AvgIpc) is 3.76. The molecule has 2 aliphatic rings. The second kappa shape index (κ2) is 17.2. The van der Waals surface area contributed by atoms with Gasteiger partial charge in [-0.15, -0.1) is 5.69 Å². The molecular weight excluding hydrogens is 691 g/mol. The Kier molecular flexibility index (Phi) is 12.5. The van der Waals surface area contributed by atoms with Gasteiger partial charge < -0.3 is 20.0 Å². The SMILES string of the molecule is C[C@@H](CC(=O)N1C(=O)OC[C@@H]1c1ccccc1)[C@H](N=C(c1ccccc1)c1ccccc1[N-]C(=O)[C@@H]1CCCN1Cc1ccccc1)C(=O)O.[Ni]. The van der Waals surface area contributed by atoms with Crippen LogP contribution in [0.5, 0.6) is 0 Å². The van der Waals surface area contributed by atoms with Crippen molar-refractivity contribution in [2.24, 2.45) is 10.9 Å². The van der Waals surface area contributed by atoms with Crippen LogP contribution in [0.1, 0.15) is 54.5 Å². The van der Waals surface area contributed by atoms with Crippen LogP contribution in [-0.2, 0) is 42.2 Å². The van der Waals surface area contributed by atoms with Crippen LogP contribution >= 0.6 is 0 Å². The van der Waals surface area contributed by atoms with Crippen molar-refractivity contribution >= 4 is 35.3 Å². The number of carbonyl (C=O) groups is 4. The van der Waals surface area contributed by atoms with Gasteiger partial charge in [-0.2, -0.15) is 0 Å². The summed E-state index contributed by atoms with van der Waals surface area (Å²) >= 11 is 0. The predicted octanol–water partition coefficient (Wildman–Crippen LogP) is 6.92. The number of carboxylic acids is 1. The third kappa shape index (κ3) is 8.79. The zero-order chi connectivity index (χ0) is 35.0. The van der Waals surface area contributed by atoms with Crippen LogP contribution in [-0.4, -0.2) is 69.7 Å². The minimum Gasteiger partial charge on any atom is -0.625 e. The summed E-state index contributed by atoms with van der Waals surface area (Å²) in [5, 5.41) is 15.0. The Hall–Kier alpha value is -5.12. The first-order valence-electron chi connectivity index (χ1n) is 16.8. The number of imide groups is 1. The zero-order valence-electron chi connectivity index (χ0n) is 28.1. The molecule has 0 aromatic heterocycles. The summed E-state index contributed by atoms with van der Waals surface area (Å²) in [5.41, 5.74) is 3.71. The molecule has 2 aliphatic heterocycles. The van der Waals surface area contributed by atoms with E-state index in [0.29, 0.717) is 35.5 Å². The molecule has 266 valence electrons. The second-order valence-corrected chi connectivity index (χ2v) is 12.7. The van der Waals surface area contributed by atoms with Gasteiger partial charge in [0, 0.05) is 35.0 Å². The fourth-order valence-electron chi connectivity index (χ4n) is 6.64. The minimum atomic E-state index is -1.36. The molecule has 0 spiro atoms. The zero-order valence-corrected chi connectivity index (χ0v) is 29.1. The van der Waals surface area contributed by atoms with Crippen molar-refractivity contribution < 1.29 is 45.5 Å². The molecule has 0 saturated carbocycles. The number of rotatable bonds is 12. The average molecular weight is 730 g/mol. The molecular formula is C40H39N4NiO6-. The maximum atomic E-state index is 13.7. The van der Waals surface area contributed by atoms with Gasteiger partial charge in [0.15, 0.2) is 6.04 Å². The largest absolute Gasteiger partial charge is 0.625 e. The third-order valence-corrected chi connectivity index (χ3v) is 9.20. The minimum absolute atomic E-state index is 0. The predicted molar refractivity (Wildman–Crippen MR) is 189 cm³/mol. The van der Waals surface area contributed by atoms with Gasteiger partial charge in [-0.05, 0) is 42.0 Å². The number of likely N-dealkylation sites (tertiary alicyclic amines) is 1. The summed E-state index contributed by atoms with van der Waals surface area (Å²) in [6.07, 6.45) is 0.556. The van der Waals surface area contributed by atoms with Gasteiger partial charge in [0.05, 0.1) is 17.7 Å². The van der Waals surface area contributed by atoms with E-state index < -0.39 is 36.0 Å². The number of carbonyl (C=O) groups excluding carboxylic acids is 3. The Bertz CT molecular complexity index is 1860. The molecule has 1 N–H and O–H groups in total. The first kappa shape index (κ1) is 37.1. The summed E-state index contributed by atoms with van der Waals surface area (Å²) in [6.45, 7) is 3.08. The van der Waals surface area contributed by atoms with Crippen LogP contribution < -0.4 is 0 Å². The van der Waals surface area contributed by atoms with Gasteiger partial charge in [0.25, 0.3) is 0 Å². The van der Waals surface area contributed by atoms with E-state index in [2.05, 4.69) is 10.2 Å². The van der Waals surface area contributed by atoms with Crippen LogP contribution in [0.2, 0.25) is 0 Å². The Morgan fingerprint density at radius 1 is 0.902 bits per heavy atom. The van der Waals surface area contributed by atoms with Crippen LogP contribution in [0.4, 0.5) is 10.5 Å².